The van der Waals surface area contributed by atoms with E-state index in [1.165, 1.54) is 12.5 Å². The number of carbonyl (C=O) groups is 2. The van der Waals surface area contributed by atoms with Crippen molar-refractivity contribution >= 4 is 40.5 Å². The minimum Gasteiger partial charge on any atom is -0.340 e. The lowest BCUT2D eigenvalue weighted by molar-refractivity contribution is -0.161. The maximum atomic E-state index is 11.8. The molecule has 112 valence electrons. The standard InChI is InChI=1S/C16H18INO3/c17-14-9-6-12(7-10-14)8-11-15(19)18-21-16(20)13-4-2-1-3-5-13/h6-11,13H,1-5H2,(H,18,19). The summed E-state index contributed by atoms with van der Waals surface area (Å²) in [4.78, 5) is 28.2. The Kier molecular flexibility index (Phi) is 6.22. The van der Waals surface area contributed by atoms with Crippen molar-refractivity contribution in [3.8, 4) is 0 Å². The number of nitrogens with one attached hydrogen (secondary N) is 1. The molecule has 1 aliphatic rings. The molecule has 0 saturated heterocycles. The van der Waals surface area contributed by atoms with Crippen molar-refractivity contribution in [2.24, 2.45) is 5.92 Å². The number of benzene rings is 1. The molecule has 21 heavy (non-hydrogen) atoms. The van der Waals surface area contributed by atoms with Crippen molar-refractivity contribution in [2.75, 3.05) is 0 Å². The van der Waals surface area contributed by atoms with Crippen molar-refractivity contribution in [1.29, 1.82) is 0 Å². The van der Waals surface area contributed by atoms with Gasteiger partial charge in [0.15, 0.2) is 0 Å². The fraction of sp³-hybridized carbons (Fsp3) is 0.375. The second-order valence-electron chi connectivity index (χ2n) is 5.11. The van der Waals surface area contributed by atoms with E-state index in [0.717, 1.165) is 34.8 Å². The van der Waals surface area contributed by atoms with Gasteiger partial charge >= 0.3 is 5.97 Å². The van der Waals surface area contributed by atoms with Gasteiger partial charge in [0.05, 0.1) is 5.92 Å². The number of rotatable bonds is 3. The Labute approximate surface area is 138 Å². The number of hydrogen-bond acceptors (Lipinski definition) is 3. The highest BCUT2D eigenvalue weighted by atomic mass is 127. The van der Waals surface area contributed by atoms with Crippen molar-refractivity contribution in [2.45, 2.75) is 32.1 Å². The summed E-state index contributed by atoms with van der Waals surface area (Å²) in [6.07, 6.45) is 8.03. The van der Waals surface area contributed by atoms with Crippen LogP contribution in [0, 0.1) is 9.49 Å². The van der Waals surface area contributed by atoms with Crippen LogP contribution in [0.1, 0.15) is 37.7 Å². The lowest BCUT2D eigenvalue weighted by Crippen LogP contribution is -2.30. The zero-order valence-corrected chi connectivity index (χ0v) is 13.8. The van der Waals surface area contributed by atoms with E-state index in [0.29, 0.717) is 0 Å². The fourth-order valence-electron chi connectivity index (χ4n) is 2.30. The summed E-state index contributed by atoms with van der Waals surface area (Å²) < 4.78 is 1.13. The number of hydrogen-bond donors (Lipinski definition) is 1. The highest BCUT2D eigenvalue weighted by Crippen LogP contribution is 2.24. The fourth-order valence-corrected chi connectivity index (χ4v) is 2.66. The summed E-state index contributed by atoms with van der Waals surface area (Å²) in [6, 6.07) is 7.75. The second-order valence-corrected chi connectivity index (χ2v) is 6.35. The SMILES string of the molecule is O=C(C=Cc1ccc(I)cc1)NOC(=O)C1CCCCC1. The molecular weight excluding hydrogens is 381 g/mol. The molecule has 0 bridgehead atoms. The molecule has 0 aromatic heterocycles. The first kappa shape index (κ1) is 16.0. The van der Waals surface area contributed by atoms with Gasteiger partial charge in [-0.1, -0.05) is 31.4 Å². The average molecular weight is 399 g/mol. The molecule has 1 aliphatic carbocycles. The molecule has 2 rings (SSSR count). The molecule has 1 N–H and O–H groups in total. The van der Waals surface area contributed by atoms with Gasteiger partial charge in [0, 0.05) is 9.65 Å². The third-order valence-corrected chi connectivity index (χ3v) is 4.21. The highest BCUT2D eigenvalue weighted by Gasteiger charge is 2.23. The Morgan fingerprint density at radius 3 is 2.48 bits per heavy atom. The number of amides is 1. The molecule has 0 heterocycles. The zero-order valence-electron chi connectivity index (χ0n) is 11.7. The smallest absolute Gasteiger partial charge is 0.335 e. The lowest BCUT2D eigenvalue weighted by atomic mass is 9.89. The van der Waals surface area contributed by atoms with E-state index in [9.17, 15) is 9.59 Å². The van der Waals surface area contributed by atoms with Gasteiger partial charge in [-0.2, -0.15) is 5.48 Å². The van der Waals surface area contributed by atoms with Crippen LogP contribution in [-0.2, 0) is 14.4 Å². The van der Waals surface area contributed by atoms with E-state index < -0.39 is 5.91 Å². The van der Waals surface area contributed by atoms with Gasteiger partial charge in [-0.05, 0) is 59.2 Å². The van der Waals surface area contributed by atoms with Crippen LogP contribution < -0.4 is 5.48 Å². The molecule has 0 radical (unpaired) electrons. The van der Waals surface area contributed by atoms with Crippen LogP contribution in [0.4, 0.5) is 0 Å². The molecule has 0 atom stereocenters. The monoisotopic (exact) mass is 399 g/mol. The van der Waals surface area contributed by atoms with Crippen molar-refractivity contribution in [3.05, 3.63) is 39.5 Å². The first-order valence-corrected chi connectivity index (χ1v) is 8.17. The van der Waals surface area contributed by atoms with Crippen molar-refractivity contribution < 1.29 is 14.4 Å². The van der Waals surface area contributed by atoms with E-state index >= 15 is 0 Å². The molecule has 1 saturated carbocycles. The average Bonchev–Trinajstić information content (AvgIpc) is 2.53. The second kappa shape index (κ2) is 8.17. The molecule has 1 aromatic rings. The minimum atomic E-state index is -0.433. The summed E-state index contributed by atoms with van der Waals surface area (Å²) in [5, 5.41) is 0. The molecular formula is C16H18INO3. The Morgan fingerprint density at radius 2 is 1.81 bits per heavy atom. The third-order valence-electron chi connectivity index (χ3n) is 3.49. The Bertz CT molecular complexity index is 519. The number of halogens is 1. The van der Waals surface area contributed by atoms with Gasteiger partial charge in [-0.25, -0.2) is 4.79 Å². The van der Waals surface area contributed by atoms with Crippen molar-refractivity contribution in [3.63, 3.8) is 0 Å². The predicted octanol–water partition coefficient (Wildman–Crippen LogP) is 3.46. The quantitative estimate of drug-likeness (QED) is 0.481. The Morgan fingerprint density at radius 1 is 1.14 bits per heavy atom. The predicted molar refractivity (Wildman–Crippen MR) is 89.0 cm³/mol. The van der Waals surface area contributed by atoms with Crippen LogP contribution in [0.15, 0.2) is 30.3 Å². The summed E-state index contributed by atoms with van der Waals surface area (Å²) in [5.74, 6) is -0.831. The van der Waals surface area contributed by atoms with Crippen LogP contribution in [0.3, 0.4) is 0 Å². The molecule has 0 aliphatic heterocycles. The first-order chi connectivity index (χ1) is 10.1. The van der Waals surface area contributed by atoms with Gasteiger partial charge in [-0.15, -0.1) is 0 Å². The molecule has 4 nitrogen and oxygen atoms in total. The number of hydroxylamine groups is 1. The van der Waals surface area contributed by atoms with E-state index in [4.69, 9.17) is 4.84 Å². The summed E-state index contributed by atoms with van der Waals surface area (Å²) in [7, 11) is 0. The summed E-state index contributed by atoms with van der Waals surface area (Å²) in [5.41, 5.74) is 3.11. The van der Waals surface area contributed by atoms with E-state index in [2.05, 4.69) is 28.1 Å². The number of carbonyl (C=O) groups excluding carboxylic acids is 2. The highest BCUT2D eigenvalue weighted by molar-refractivity contribution is 14.1. The Balaban J connectivity index is 1.76. The van der Waals surface area contributed by atoms with Crippen molar-refractivity contribution in [1.82, 2.24) is 5.48 Å². The van der Waals surface area contributed by atoms with Gasteiger partial charge in [-0.3, -0.25) is 4.79 Å². The normalized spacial score (nSPS) is 15.9. The van der Waals surface area contributed by atoms with Crippen LogP contribution in [0.5, 0.6) is 0 Å². The Hall–Kier alpha value is -1.37. The first-order valence-electron chi connectivity index (χ1n) is 7.09. The van der Waals surface area contributed by atoms with Gasteiger partial charge in [0.1, 0.15) is 0 Å². The third kappa shape index (κ3) is 5.49. The van der Waals surface area contributed by atoms with E-state index in [-0.39, 0.29) is 11.9 Å². The van der Waals surface area contributed by atoms with E-state index in [1.54, 1.807) is 6.08 Å². The van der Waals surface area contributed by atoms with Crippen LogP contribution in [0.2, 0.25) is 0 Å². The molecule has 5 heteroatoms. The minimum absolute atomic E-state index is 0.0702. The molecule has 1 aromatic carbocycles. The molecule has 1 amide bonds. The maximum Gasteiger partial charge on any atom is 0.335 e. The van der Waals surface area contributed by atoms with Gasteiger partial charge < -0.3 is 4.84 Å². The van der Waals surface area contributed by atoms with Crippen LogP contribution in [-0.4, -0.2) is 11.9 Å². The molecule has 1 fully saturated rings. The van der Waals surface area contributed by atoms with E-state index in [1.807, 2.05) is 24.3 Å². The van der Waals surface area contributed by atoms with Gasteiger partial charge in [0.25, 0.3) is 5.91 Å². The molecule has 0 spiro atoms. The lowest BCUT2D eigenvalue weighted by Gasteiger charge is -2.19. The van der Waals surface area contributed by atoms with Gasteiger partial charge in [0.2, 0.25) is 0 Å². The van der Waals surface area contributed by atoms with Crippen LogP contribution >= 0.6 is 22.6 Å². The molecule has 0 unspecified atom stereocenters. The topological polar surface area (TPSA) is 55.4 Å². The van der Waals surface area contributed by atoms with Crippen LogP contribution in [0.25, 0.3) is 6.08 Å². The summed E-state index contributed by atoms with van der Waals surface area (Å²) >= 11 is 2.22. The largest absolute Gasteiger partial charge is 0.340 e. The summed E-state index contributed by atoms with van der Waals surface area (Å²) in [6.45, 7) is 0. The zero-order chi connectivity index (χ0) is 15.1. The maximum absolute atomic E-state index is 11.8.